The van der Waals surface area contributed by atoms with Crippen LogP contribution < -0.4 is 0 Å². The molecule has 13 heavy (non-hydrogen) atoms. The highest BCUT2D eigenvalue weighted by molar-refractivity contribution is 5.74. The third kappa shape index (κ3) is 1.84. The first-order chi connectivity index (χ1) is 6.11. The molecule has 3 unspecified atom stereocenters. The second-order valence-corrected chi connectivity index (χ2v) is 3.38. The molecule has 0 aromatic carbocycles. The fourth-order valence-electron chi connectivity index (χ4n) is 1.94. The molecule has 0 aliphatic carbocycles. The molecule has 0 spiro atoms. The van der Waals surface area contributed by atoms with Gasteiger partial charge in [-0.05, 0) is 13.3 Å². The largest absolute Gasteiger partial charge is 0.469 e. The van der Waals surface area contributed by atoms with Gasteiger partial charge in [-0.15, -0.1) is 0 Å². The van der Waals surface area contributed by atoms with E-state index in [9.17, 15) is 4.79 Å². The zero-order valence-corrected chi connectivity index (χ0v) is 8.61. The Morgan fingerprint density at radius 3 is 2.69 bits per heavy atom. The number of hydroxylamine groups is 2. The molecule has 0 aromatic heterocycles. The van der Waals surface area contributed by atoms with Crippen LogP contribution in [0.25, 0.3) is 0 Å². The fourth-order valence-corrected chi connectivity index (χ4v) is 1.94. The van der Waals surface area contributed by atoms with Gasteiger partial charge in [-0.25, -0.2) is 0 Å². The van der Waals surface area contributed by atoms with Crippen LogP contribution in [0, 0.1) is 5.92 Å². The first kappa shape index (κ1) is 10.5. The van der Waals surface area contributed by atoms with Crippen LogP contribution in [0.4, 0.5) is 0 Å². The maximum atomic E-state index is 11.4. The summed E-state index contributed by atoms with van der Waals surface area (Å²) in [5, 5.41) is 1.76. The first-order valence-electron chi connectivity index (χ1n) is 4.59. The van der Waals surface area contributed by atoms with E-state index in [1.807, 2.05) is 20.9 Å². The molecule has 1 aliphatic heterocycles. The molecule has 1 fully saturated rings. The van der Waals surface area contributed by atoms with Gasteiger partial charge in [-0.3, -0.25) is 9.63 Å². The van der Waals surface area contributed by atoms with Crippen LogP contribution in [0.2, 0.25) is 0 Å². The minimum absolute atomic E-state index is 0.0811. The van der Waals surface area contributed by atoms with Gasteiger partial charge < -0.3 is 4.74 Å². The van der Waals surface area contributed by atoms with Crippen molar-refractivity contribution in [2.75, 3.05) is 14.2 Å². The Morgan fingerprint density at radius 2 is 2.23 bits per heavy atom. The van der Waals surface area contributed by atoms with E-state index in [-0.39, 0.29) is 24.0 Å². The average molecular weight is 187 g/mol. The second-order valence-electron chi connectivity index (χ2n) is 3.38. The van der Waals surface area contributed by atoms with Crippen molar-refractivity contribution in [1.82, 2.24) is 5.06 Å². The zero-order valence-electron chi connectivity index (χ0n) is 8.61. The van der Waals surface area contributed by atoms with E-state index in [2.05, 4.69) is 0 Å². The lowest BCUT2D eigenvalue weighted by Gasteiger charge is -2.18. The summed E-state index contributed by atoms with van der Waals surface area (Å²) in [5.41, 5.74) is 0. The van der Waals surface area contributed by atoms with Crippen molar-refractivity contribution in [2.45, 2.75) is 32.4 Å². The van der Waals surface area contributed by atoms with Crippen molar-refractivity contribution < 1.29 is 14.4 Å². The fraction of sp³-hybridized carbons (Fsp3) is 0.889. The number of nitrogens with zero attached hydrogens (tertiary/aromatic N) is 1. The smallest absolute Gasteiger partial charge is 0.313 e. The topological polar surface area (TPSA) is 38.8 Å². The number of methoxy groups -OCH3 is 1. The number of ether oxygens (including phenoxy) is 1. The third-order valence-electron chi connectivity index (χ3n) is 2.61. The molecule has 0 amide bonds. The van der Waals surface area contributed by atoms with Crippen molar-refractivity contribution in [2.24, 2.45) is 5.92 Å². The van der Waals surface area contributed by atoms with Gasteiger partial charge in [0.05, 0.1) is 19.3 Å². The van der Waals surface area contributed by atoms with Crippen molar-refractivity contribution in [3.8, 4) is 0 Å². The number of carbonyl (C=O) groups excluding carboxylic acids is 1. The molecule has 1 rings (SSSR count). The third-order valence-corrected chi connectivity index (χ3v) is 2.61. The minimum Gasteiger partial charge on any atom is -0.469 e. The lowest BCUT2D eigenvalue weighted by Crippen LogP contribution is -2.34. The molecule has 0 bridgehead atoms. The molecule has 4 heteroatoms. The Hall–Kier alpha value is -0.610. The molecule has 1 saturated heterocycles. The normalized spacial score (nSPS) is 34.9. The summed E-state index contributed by atoms with van der Waals surface area (Å²) >= 11 is 0. The summed E-state index contributed by atoms with van der Waals surface area (Å²) in [5.74, 6) is -0.330. The molecule has 1 heterocycles. The molecule has 0 radical (unpaired) electrons. The predicted octanol–water partition coefficient (Wildman–Crippen LogP) is 0.820. The zero-order chi connectivity index (χ0) is 10.0. The van der Waals surface area contributed by atoms with E-state index in [0.717, 1.165) is 6.42 Å². The highest BCUT2D eigenvalue weighted by Gasteiger charge is 2.43. The summed E-state index contributed by atoms with van der Waals surface area (Å²) in [6.07, 6.45) is 0.808. The Kier molecular flexibility index (Phi) is 3.27. The second kappa shape index (κ2) is 4.07. The number of rotatable bonds is 2. The monoisotopic (exact) mass is 187 g/mol. The summed E-state index contributed by atoms with van der Waals surface area (Å²) in [7, 11) is 3.27. The van der Waals surface area contributed by atoms with Gasteiger partial charge in [0.25, 0.3) is 0 Å². The molecule has 3 atom stereocenters. The van der Waals surface area contributed by atoms with Crippen molar-refractivity contribution >= 4 is 5.97 Å². The molecule has 76 valence electrons. The molecule has 0 aromatic rings. The van der Waals surface area contributed by atoms with Crippen LogP contribution in [0.5, 0.6) is 0 Å². The van der Waals surface area contributed by atoms with Crippen LogP contribution in [0.1, 0.15) is 20.3 Å². The maximum absolute atomic E-state index is 11.4. The van der Waals surface area contributed by atoms with Gasteiger partial charge >= 0.3 is 5.97 Å². The average Bonchev–Trinajstić information content (AvgIpc) is 2.39. The minimum atomic E-state index is -0.177. The van der Waals surface area contributed by atoms with Crippen LogP contribution in [0.15, 0.2) is 0 Å². The van der Waals surface area contributed by atoms with Crippen molar-refractivity contribution in [1.29, 1.82) is 0 Å². The van der Waals surface area contributed by atoms with Crippen LogP contribution >= 0.6 is 0 Å². The highest BCUT2D eigenvalue weighted by Crippen LogP contribution is 2.28. The standard InChI is InChI=1S/C9H17NO3/c1-5-7-8(9(11)12-4)6(2)13-10(7)3/h6-8H,5H2,1-4H3. The van der Waals surface area contributed by atoms with Gasteiger partial charge in [-0.1, -0.05) is 6.92 Å². The van der Waals surface area contributed by atoms with Gasteiger partial charge in [-0.2, -0.15) is 5.06 Å². The summed E-state index contributed by atoms with van der Waals surface area (Å²) in [6.45, 7) is 3.94. The molecule has 1 aliphatic rings. The van der Waals surface area contributed by atoms with Crippen LogP contribution in [0.3, 0.4) is 0 Å². The summed E-state index contributed by atoms with van der Waals surface area (Å²) in [6, 6.07) is 0.141. The Labute approximate surface area is 78.8 Å². The first-order valence-corrected chi connectivity index (χ1v) is 4.59. The summed E-state index contributed by atoms with van der Waals surface area (Å²) in [4.78, 5) is 16.8. The number of hydrogen-bond donors (Lipinski definition) is 0. The number of hydrogen-bond acceptors (Lipinski definition) is 4. The van der Waals surface area contributed by atoms with E-state index in [1.54, 1.807) is 5.06 Å². The Morgan fingerprint density at radius 1 is 1.62 bits per heavy atom. The Bertz CT molecular complexity index is 195. The van der Waals surface area contributed by atoms with Gasteiger partial charge in [0.15, 0.2) is 0 Å². The van der Waals surface area contributed by atoms with E-state index < -0.39 is 0 Å². The van der Waals surface area contributed by atoms with Gasteiger partial charge in [0, 0.05) is 7.05 Å². The van der Waals surface area contributed by atoms with E-state index in [0.29, 0.717) is 0 Å². The highest BCUT2D eigenvalue weighted by atomic mass is 16.7. The Balaban J connectivity index is 2.74. The van der Waals surface area contributed by atoms with Crippen LogP contribution in [-0.2, 0) is 14.4 Å². The molecular formula is C9H17NO3. The maximum Gasteiger partial charge on any atom is 0.313 e. The molecular weight excluding hydrogens is 170 g/mol. The lowest BCUT2D eigenvalue weighted by atomic mass is 9.94. The van der Waals surface area contributed by atoms with E-state index >= 15 is 0 Å². The molecule has 0 saturated carbocycles. The van der Waals surface area contributed by atoms with Crippen molar-refractivity contribution in [3.63, 3.8) is 0 Å². The lowest BCUT2D eigenvalue weighted by molar-refractivity contribution is -0.149. The van der Waals surface area contributed by atoms with Gasteiger partial charge in [0.2, 0.25) is 0 Å². The quantitative estimate of drug-likeness (QED) is 0.600. The predicted molar refractivity (Wildman–Crippen MR) is 47.9 cm³/mol. The SMILES string of the molecule is CCC1C(C(=O)OC)C(C)ON1C. The van der Waals surface area contributed by atoms with Crippen LogP contribution in [-0.4, -0.2) is 37.3 Å². The van der Waals surface area contributed by atoms with Crippen molar-refractivity contribution in [3.05, 3.63) is 0 Å². The molecule has 0 N–H and O–H groups in total. The number of carbonyl (C=O) groups is 1. The molecule has 4 nitrogen and oxygen atoms in total. The van der Waals surface area contributed by atoms with Gasteiger partial charge in [0.1, 0.15) is 5.92 Å². The number of esters is 1. The van der Waals surface area contributed by atoms with E-state index in [4.69, 9.17) is 9.57 Å². The summed E-state index contributed by atoms with van der Waals surface area (Å²) < 4.78 is 4.74. The van der Waals surface area contributed by atoms with E-state index in [1.165, 1.54) is 7.11 Å².